The summed E-state index contributed by atoms with van der Waals surface area (Å²) >= 11 is 5.74. The summed E-state index contributed by atoms with van der Waals surface area (Å²) in [6.07, 6.45) is 3.66. The van der Waals surface area contributed by atoms with Crippen LogP contribution in [0.4, 0.5) is 5.69 Å². The van der Waals surface area contributed by atoms with Crippen molar-refractivity contribution in [2.75, 3.05) is 32.5 Å². The summed E-state index contributed by atoms with van der Waals surface area (Å²) in [5, 5.41) is 4.15. The van der Waals surface area contributed by atoms with Crippen LogP contribution in [0.2, 0.25) is 0 Å². The van der Waals surface area contributed by atoms with Crippen LogP contribution in [0.5, 0.6) is 0 Å². The molecule has 4 nitrogen and oxygen atoms in total. The van der Waals surface area contributed by atoms with Gasteiger partial charge >= 0.3 is 0 Å². The summed E-state index contributed by atoms with van der Waals surface area (Å²) in [5.74, 6) is 0. The minimum atomic E-state index is 0.175. The molecule has 0 saturated carbocycles. The highest BCUT2D eigenvalue weighted by Gasteiger charge is 2.19. The van der Waals surface area contributed by atoms with Crippen LogP contribution in [-0.4, -0.2) is 47.1 Å². The summed E-state index contributed by atoms with van der Waals surface area (Å²) in [7, 11) is 4.16. The van der Waals surface area contributed by atoms with Crippen LogP contribution >= 0.6 is 12.2 Å². The number of nitrogens with one attached hydrogen (secondary N) is 1. The molecule has 134 valence electrons. The average molecular weight is 357 g/mol. The van der Waals surface area contributed by atoms with Crippen LogP contribution in [0.3, 0.4) is 0 Å². The Hall–Kier alpha value is -1.98. The molecule has 0 radical (unpaired) electrons. The SMILES string of the molecule is Cc1ccc(NC(=S)N(CCN(C)C)[C@H](C)c2ccncc2)cc1C. The average Bonchev–Trinajstić information content (AvgIpc) is 2.58. The number of anilines is 1. The first-order valence-electron chi connectivity index (χ1n) is 8.58. The zero-order chi connectivity index (χ0) is 18.4. The number of hydrogen-bond donors (Lipinski definition) is 1. The Morgan fingerprint density at radius 2 is 1.76 bits per heavy atom. The fraction of sp³-hybridized carbons (Fsp3) is 0.400. The molecule has 0 unspecified atom stereocenters. The lowest BCUT2D eigenvalue weighted by Crippen LogP contribution is -2.40. The maximum absolute atomic E-state index is 5.74. The highest BCUT2D eigenvalue weighted by atomic mass is 32.1. The highest BCUT2D eigenvalue weighted by Crippen LogP contribution is 2.21. The lowest BCUT2D eigenvalue weighted by molar-refractivity contribution is 0.289. The molecule has 5 heteroatoms. The molecule has 0 bridgehead atoms. The van der Waals surface area contributed by atoms with E-state index in [1.807, 2.05) is 24.5 Å². The summed E-state index contributed by atoms with van der Waals surface area (Å²) in [6, 6.07) is 10.6. The number of hydrogen-bond acceptors (Lipinski definition) is 3. The minimum Gasteiger partial charge on any atom is -0.341 e. The van der Waals surface area contributed by atoms with Gasteiger partial charge in [-0.2, -0.15) is 0 Å². The lowest BCUT2D eigenvalue weighted by Gasteiger charge is -2.33. The molecule has 1 aromatic heterocycles. The Morgan fingerprint density at radius 1 is 1.08 bits per heavy atom. The van der Waals surface area contributed by atoms with Gasteiger partial charge in [-0.05, 0) is 88.0 Å². The zero-order valence-electron chi connectivity index (χ0n) is 15.8. The summed E-state index contributed by atoms with van der Waals surface area (Å²) in [6.45, 7) is 8.20. The first-order chi connectivity index (χ1) is 11.9. The standard InChI is InChI=1S/C20H28N4S/c1-15-6-7-19(14-16(15)2)22-20(25)24(13-12-23(4)5)17(3)18-8-10-21-11-9-18/h6-11,14,17H,12-13H2,1-5H3,(H,22,25)/t17-/m1/s1. The Kier molecular flexibility index (Phi) is 6.91. The second-order valence-electron chi connectivity index (χ2n) is 6.68. The van der Waals surface area contributed by atoms with Crippen molar-refractivity contribution in [1.29, 1.82) is 0 Å². The van der Waals surface area contributed by atoms with E-state index in [1.54, 1.807) is 0 Å². The van der Waals surface area contributed by atoms with E-state index >= 15 is 0 Å². The molecule has 1 aromatic carbocycles. The van der Waals surface area contributed by atoms with E-state index in [2.05, 4.69) is 73.2 Å². The van der Waals surface area contributed by atoms with Crippen molar-refractivity contribution >= 4 is 23.0 Å². The van der Waals surface area contributed by atoms with Crippen LogP contribution in [0.25, 0.3) is 0 Å². The van der Waals surface area contributed by atoms with Crippen LogP contribution in [0.15, 0.2) is 42.7 Å². The molecule has 0 aliphatic rings. The Morgan fingerprint density at radius 3 is 2.36 bits per heavy atom. The molecular formula is C20H28N4S. The molecule has 2 rings (SSSR count). The van der Waals surface area contributed by atoms with Gasteiger partial charge in [-0.15, -0.1) is 0 Å². The first kappa shape index (κ1) is 19.3. The molecule has 2 aromatic rings. The smallest absolute Gasteiger partial charge is 0.173 e. The van der Waals surface area contributed by atoms with Crippen LogP contribution < -0.4 is 5.32 Å². The third kappa shape index (κ3) is 5.51. The summed E-state index contributed by atoms with van der Waals surface area (Å²) < 4.78 is 0. The highest BCUT2D eigenvalue weighted by molar-refractivity contribution is 7.80. The molecule has 0 aliphatic carbocycles. The lowest BCUT2D eigenvalue weighted by atomic mass is 10.1. The van der Waals surface area contributed by atoms with Gasteiger partial charge < -0.3 is 15.1 Å². The Bertz CT molecular complexity index is 700. The van der Waals surface area contributed by atoms with Gasteiger partial charge in [0.25, 0.3) is 0 Å². The summed E-state index contributed by atoms with van der Waals surface area (Å²) in [5.41, 5.74) is 4.78. The second kappa shape index (κ2) is 8.92. The number of aromatic nitrogens is 1. The number of aryl methyl sites for hydroxylation is 2. The largest absolute Gasteiger partial charge is 0.341 e. The molecular weight excluding hydrogens is 328 g/mol. The Labute approximate surface area is 156 Å². The number of nitrogens with zero attached hydrogens (tertiary/aromatic N) is 3. The van der Waals surface area contributed by atoms with E-state index in [1.165, 1.54) is 16.7 Å². The molecule has 1 heterocycles. The van der Waals surface area contributed by atoms with Crippen molar-refractivity contribution in [2.24, 2.45) is 0 Å². The molecule has 1 atom stereocenters. The minimum absolute atomic E-state index is 0.175. The molecule has 0 amide bonds. The van der Waals surface area contributed by atoms with E-state index < -0.39 is 0 Å². The Balaban J connectivity index is 2.18. The van der Waals surface area contributed by atoms with Crippen molar-refractivity contribution in [2.45, 2.75) is 26.8 Å². The van der Waals surface area contributed by atoms with Crippen molar-refractivity contribution in [3.05, 3.63) is 59.4 Å². The predicted molar refractivity (Wildman–Crippen MR) is 110 cm³/mol. The van der Waals surface area contributed by atoms with E-state index in [-0.39, 0.29) is 6.04 Å². The maximum atomic E-state index is 5.74. The van der Waals surface area contributed by atoms with E-state index in [4.69, 9.17) is 12.2 Å². The summed E-state index contributed by atoms with van der Waals surface area (Å²) in [4.78, 5) is 8.52. The fourth-order valence-corrected chi connectivity index (χ4v) is 2.98. The number of likely N-dealkylation sites (N-methyl/N-ethyl adjacent to an activating group) is 1. The van der Waals surface area contributed by atoms with Gasteiger partial charge in [0.2, 0.25) is 0 Å². The fourth-order valence-electron chi connectivity index (χ4n) is 2.62. The monoisotopic (exact) mass is 356 g/mol. The number of rotatable bonds is 6. The van der Waals surface area contributed by atoms with Crippen molar-refractivity contribution in [1.82, 2.24) is 14.8 Å². The van der Waals surface area contributed by atoms with Crippen LogP contribution in [-0.2, 0) is 0 Å². The van der Waals surface area contributed by atoms with Crippen molar-refractivity contribution in [3.8, 4) is 0 Å². The number of benzene rings is 1. The quantitative estimate of drug-likeness (QED) is 0.790. The topological polar surface area (TPSA) is 31.4 Å². The molecule has 25 heavy (non-hydrogen) atoms. The second-order valence-corrected chi connectivity index (χ2v) is 7.07. The van der Waals surface area contributed by atoms with Crippen LogP contribution in [0, 0.1) is 13.8 Å². The molecule has 0 spiro atoms. The zero-order valence-corrected chi connectivity index (χ0v) is 16.6. The first-order valence-corrected chi connectivity index (χ1v) is 8.99. The molecule has 1 N–H and O–H groups in total. The van der Waals surface area contributed by atoms with Gasteiger partial charge in [-0.1, -0.05) is 6.07 Å². The van der Waals surface area contributed by atoms with Gasteiger partial charge in [0.05, 0.1) is 6.04 Å². The van der Waals surface area contributed by atoms with Gasteiger partial charge in [0, 0.05) is 31.2 Å². The van der Waals surface area contributed by atoms with Gasteiger partial charge in [-0.3, -0.25) is 4.98 Å². The predicted octanol–water partition coefficient (Wildman–Crippen LogP) is 4.02. The molecule has 0 aliphatic heterocycles. The van der Waals surface area contributed by atoms with E-state index in [9.17, 15) is 0 Å². The van der Waals surface area contributed by atoms with E-state index in [0.29, 0.717) is 0 Å². The molecule has 0 fully saturated rings. The number of pyridine rings is 1. The van der Waals surface area contributed by atoms with Gasteiger partial charge in [0.15, 0.2) is 5.11 Å². The maximum Gasteiger partial charge on any atom is 0.173 e. The van der Waals surface area contributed by atoms with E-state index in [0.717, 1.165) is 23.9 Å². The van der Waals surface area contributed by atoms with Crippen molar-refractivity contribution in [3.63, 3.8) is 0 Å². The van der Waals surface area contributed by atoms with Gasteiger partial charge in [-0.25, -0.2) is 0 Å². The van der Waals surface area contributed by atoms with Crippen LogP contribution in [0.1, 0.15) is 29.7 Å². The van der Waals surface area contributed by atoms with Gasteiger partial charge in [0.1, 0.15) is 0 Å². The number of thiocarbonyl (C=S) groups is 1. The normalized spacial score (nSPS) is 12.1. The molecule has 0 saturated heterocycles. The van der Waals surface area contributed by atoms with Crippen molar-refractivity contribution < 1.29 is 0 Å². The third-order valence-electron chi connectivity index (χ3n) is 4.46. The third-order valence-corrected chi connectivity index (χ3v) is 4.80.